The summed E-state index contributed by atoms with van der Waals surface area (Å²) in [6, 6.07) is 11.5. The first-order valence-electron chi connectivity index (χ1n) is 13.0. The summed E-state index contributed by atoms with van der Waals surface area (Å²) >= 11 is 0. The van der Waals surface area contributed by atoms with E-state index in [4.69, 9.17) is 4.74 Å². The van der Waals surface area contributed by atoms with Crippen LogP contribution in [0.15, 0.2) is 48.5 Å². The maximum Gasteiger partial charge on any atom is 0.573 e. The molecule has 0 saturated heterocycles. The van der Waals surface area contributed by atoms with Gasteiger partial charge < -0.3 is 25.4 Å². The van der Waals surface area contributed by atoms with E-state index in [2.05, 4.69) is 20.7 Å². The number of nitrogens with one attached hydrogen (secondary N) is 3. The maximum atomic E-state index is 13.1. The lowest BCUT2D eigenvalue weighted by Gasteiger charge is -2.26. The number of rotatable bonds is 12. The first-order valence-corrected chi connectivity index (χ1v) is 13.0. The van der Waals surface area contributed by atoms with Gasteiger partial charge in [0.15, 0.2) is 0 Å². The van der Waals surface area contributed by atoms with E-state index in [-0.39, 0.29) is 30.2 Å². The van der Waals surface area contributed by atoms with Crippen molar-refractivity contribution < 1.29 is 32.2 Å². The summed E-state index contributed by atoms with van der Waals surface area (Å²) in [4.78, 5) is 26.0. The van der Waals surface area contributed by atoms with Crippen molar-refractivity contribution in [3.8, 4) is 11.5 Å². The Kier molecular flexibility index (Phi) is 10.7. The van der Waals surface area contributed by atoms with E-state index < -0.39 is 12.4 Å². The fraction of sp³-hybridized carbons (Fsp3) is 0.500. The summed E-state index contributed by atoms with van der Waals surface area (Å²) in [5.74, 6) is 0.149. The van der Waals surface area contributed by atoms with E-state index in [0.29, 0.717) is 35.9 Å². The minimum Gasteiger partial charge on any atom is -0.491 e. The van der Waals surface area contributed by atoms with Crippen LogP contribution in [0.2, 0.25) is 0 Å². The van der Waals surface area contributed by atoms with Crippen LogP contribution in [-0.4, -0.2) is 43.4 Å². The Hall–Kier alpha value is -3.43. The highest BCUT2D eigenvalue weighted by molar-refractivity contribution is 5.97. The summed E-state index contributed by atoms with van der Waals surface area (Å²) in [7, 11) is 0. The van der Waals surface area contributed by atoms with E-state index in [1.54, 1.807) is 24.3 Å². The van der Waals surface area contributed by atoms with Crippen LogP contribution in [0.1, 0.15) is 62.7 Å². The number of carbonyl (C=O) groups excluding carboxylic acids is 2. The highest BCUT2D eigenvalue weighted by Gasteiger charge is 2.31. The zero-order valence-corrected chi connectivity index (χ0v) is 21.8. The second-order valence-electron chi connectivity index (χ2n) is 9.75. The SMILES string of the molecule is CC(C)Oc1ccc(C(=O)NC(CC2CCCCC2)C(=O)NCCNc2ccc(OC(F)(F)F)cc2)cc1. The van der Waals surface area contributed by atoms with Gasteiger partial charge in [-0.3, -0.25) is 9.59 Å². The Morgan fingerprint density at radius 1 is 0.921 bits per heavy atom. The minimum atomic E-state index is -4.74. The average molecular weight is 536 g/mol. The van der Waals surface area contributed by atoms with Gasteiger partial charge in [0, 0.05) is 24.3 Å². The van der Waals surface area contributed by atoms with E-state index in [0.717, 1.165) is 25.7 Å². The number of anilines is 1. The third-order valence-electron chi connectivity index (χ3n) is 6.25. The Bertz CT molecular complexity index is 1020. The fourth-order valence-electron chi connectivity index (χ4n) is 4.48. The van der Waals surface area contributed by atoms with Crippen molar-refractivity contribution in [3.05, 3.63) is 54.1 Å². The van der Waals surface area contributed by atoms with Gasteiger partial charge in [-0.15, -0.1) is 13.2 Å². The van der Waals surface area contributed by atoms with Crippen molar-refractivity contribution in [2.24, 2.45) is 5.92 Å². The molecule has 3 N–H and O–H groups in total. The van der Waals surface area contributed by atoms with E-state index >= 15 is 0 Å². The van der Waals surface area contributed by atoms with Crippen LogP contribution in [0, 0.1) is 5.92 Å². The van der Waals surface area contributed by atoms with E-state index in [9.17, 15) is 22.8 Å². The Morgan fingerprint density at radius 3 is 2.16 bits per heavy atom. The first kappa shape index (κ1) is 29.1. The van der Waals surface area contributed by atoms with Crippen molar-refractivity contribution >= 4 is 17.5 Å². The third-order valence-corrected chi connectivity index (χ3v) is 6.25. The summed E-state index contributed by atoms with van der Waals surface area (Å²) < 4.78 is 46.4. The van der Waals surface area contributed by atoms with Crippen molar-refractivity contribution in [3.63, 3.8) is 0 Å². The quantitative estimate of drug-likeness (QED) is 0.305. The van der Waals surface area contributed by atoms with Crippen molar-refractivity contribution in [1.82, 2.24) is 10.6 Å². The topological polar surface area (TPSA) is 88.7 Å². The molecule has 10 heteroatoms. The van der Waals surface area contributed by atoms with Crippen molar-refractivity contribution in [1.29, 1.82) is 0 Å². The van der Waals surface area contributed by atoms with Crippen LogP contribution in [0.3, 0.4) is 0 Å². The molecule has 1 fully saturated rings. The predicted molar refractivity (Wildman–Crippen MR) is 139 cm³/mol. The minimum absolute atomic E-state index is 0.0236. The fourth-order valence-corrected chi connectivity index (χ4v) is 4.48. The molecule has 0 heterocycles. The van der Waals surface area contributed by atoms with E-state index in [1.165, 1.54) is 30.7 Å². The second-order valence-corrected chi connectivity index (χ2v) is 9.75. The highest BCUT2D eigenvalue weighted by atomic mass is 19.4. The Balaban J connectivity index is 1.53. The van der Waals surface area contributed by atoms with Crippen LogP contribution in [0.4, 0.5) is 18.9 Å². The molecule has 0 aliphatic heterocycles. The van der Waals surface area contributed by atoms with Gasteiger partial charge in [0.05, 0.1) is 6.10 Å². The Morgan fingerprint density at radius 2 is 1.55 bits per heavy atom. The maximum absolute atomic E-state index is 13.1. The van der Waals surface area contributed by atoms with Crippen LogP contribution >= 0.6 is 0 Å². The van der Waals surface area contributed by atoms with Gasteiger partial charge in [0.2, 0.25) is 5.91 Å². The Labute approximate surface area is 221 Å². The number of hydrogen-bond donors (Lipinski definition) is 3. The first-order chi connectivity index (χ1) is 18.1. The highest BCUT2D eigenvalue weighted by Crippen LogP contribution is 2.28. The smallest absolute Gasteiger partial charge is 0.491 e. The molecule has 2 aromatic rings. The van der Waals surface area contributed by atoms with Crippen molar-refractivity contribution in [2.75, 3.05) is 18.4 Å². The number of alkyl halides is 3. The lowest BCUT2D eigenvalue weighted by atomic mass is 9.84. The monoisotopic (exact) mass is 535 g/mol. The molecular formula is C28H36F3N3O4. The molecule has 0 aromatic heterocycles. The molecule has 208 valence electrons. The van der Waals surface area contributed by atoms with Crippen LogP contribution in [0.25, 0.3) is 0 Å². The summed E-state index contributed by atoms with van der Waals surface area (Å²) in [5, 5.41) is 8.81. The molecule has 0 bridgehead atoms. The third kappa shape index (κ3) is 10.1. The van der Waals surface area contributed by atoms with Gasteiger partial charge in [-0.05, 0) is 74.7 Å². The number of ether oxygens (including phenoxy) is 2. The standard InChI is InChI=1S/C28H36F3N3O4/c1-19(2)37-23-12-8-21(9-13-23)26(35)34-25(18-20-6-4-3-5-7-20)27(36)33-17-16-32-22-10-14-24(15-11-22)38-28(29,30)31/h8-15,19-20,25,32H,3-7,16-18H2,1-2H3,(H,33,36)(H,34,35). The number of benzene rings is 2. The molecule has 1 atom stereocenters. The molecule has 1 saturated carbocycles. The van der Waals surface area contributed by atoms with Crippen LogP contribution in [0.5, 0.6) is 11.5 Å². The van der Waals surface area contributed by atoms with Gasteiger partial charge in [-0.2, -0.15) is 0 Å². The molecule has 0 spiro atoms. The lowest BCUT2D eigenvalue weighted by Crippen LogP contribution is -2.48. The summed E-state index contributed by atoms with van der Waals surface area (Å²) in [6.07, 6.45) is 1.37. The second kappa shape index (κ2) is 13.9. The zero-order valence-electron chi connectivity index (χ0n) is 21.8. The number of amides is 2. The number of hydrogen-bond acceptors (Lipinski definition) is 5. The zero-order chi connectivity index (χ0) is 27.5. The molecule has 1 unspecified atom stereocenters. The summed E-state index contributed by atoms with van der Waals surface area (Å²) in [6.45, 7) is 4.48. The molecule has 0 radical (unpaired) electrons. The largest absolute Gasteiger partial charge is 0.573 e. The molecule has 1 aliphatic carbocycles. The van der Waals surface area contributed by atoms with Gasteiger partial charge in [-0.25, -0.2) is 0 Å². The summed E-state index contributed by atoms with van der Waals surface area (Å²) in [5.41, 5.74) is 1.04. The molecule has 2 amide bonds. The van der Waals surface area contributed by atoms with Crippen molar-refractivity contribution in [2.45, 2.75) is 70.9 Å². The predicted octanol–water partition coefficient (Wildman–Crippen LogP) is 5.67. The van der Waals surface area contributed by atoms with Gasteiger partial charge in [-0.1, -0.05) is 32.1 Å². The van der Waals surface area contributed by atoms with Gasteiger partial charge in [0.1, 0.15) is 17.5 Å². The van der Waals surface area contributed by atoms with Gasteiger partial charge >= 0.3 is 6.36 Å². The normalized spacial score (nSPS) is 15.0. The van der Waals surface area contributed by atoms with Crippen LogP contribution in [-0.2, 0) is 4.79 Å². The van der Waals surface area contributed by atoms with Crippen LogP contribution < -0.4 is 25.4 Å². The number of halogens is 3. The average Bonchev–Trinajstić information content (AvgIpc) is 2.87. The molecule has 3 rings (SSSR count). The lowest BCUT2D eigenvalue weighted by molar-refractivity contribution is -0.274. The molecule has 38 heavy (non-hydrogen) atoms. The van der Waals surface area contributed by atoms with E-state index in [1.807, 2.05) is 13.8 Å². The molecule has 2 aromatic carbocycles. The molecule has 7 nitrogen and oxygen atoms in total. The molecular weight excluding hydrogens is 499 g/mol. The molecule has 1 aliphatic rings. The van der Waals surface area contributed by atoms with Gasteiger partial charge in [0.25, 0.3) is 5.91 Å². The number of carbonyl (C=O) groups is 2.